The summed E-state index contributed by atoms with van der Waals surface area (Å²) >= 11 is 0. The number of rotatable bonds is 8. The highest BCUT2D eigenvalue weighted by atomic mass is 16.6. The van der Waals surface area contributed by atoms with Crippen LogP contribution in [-0.2, 0) is 14.3 Å². The number of phenolic OH excluding ortho intramolecular Hbond substituents is 1. The SMILES string of the molecule is CCOC(=O)C(CC)(Oc1ccc(C(C)C)cc1)C(=O)Oc1ccc(O)cc1. The molecule has 0 heterocycles. The van der Waals surface area contributed by atoms with Gasteiger partial charge in [-0.25, -0.2) is 9.59 Å². The maximum absolute atomic E-state index is 12.9. The van der Waals surface area contributed by atoms with Gasteiger partial charge < -0.3 is 19.3 Å². The van der Waals surface area contributed by atoms with Gasteiger partial charge in [-0.05, 0) is 54.8 Å². The van der Waals surface area contributed by atoms with Crippen molar-refractivity contribution in [2.24, 2.45) is 0 Å². The summed E-state index contributed by atoms with van der Waals surface area (Å²) in [5.74, 6) is -0.769. The van der Waals surface area contributed by atoms with Crippen molar-refractivity contribution < 1.29 is 28.9 Å². The van der Waals surface area contributed by atoms with E-state index in [0.29, 0.717) is 11.7 Å². The van der Waals surface area contributed by atoms with E-state index in [1.807, 2.05) is 12.1 Å². The molecule has 6 heteroatoms. The van der Waals surface area contributed by atoms with Gasteiger partial charge in [0.1, 0.15) is 17.2 Å². The maximum atomic E-state index is 12.9. The predicted octanol–water partition coefficient (Wildman–Crippen LogP) is 4.21. The minimum Gasteiger partial charge on any atom is -0.508 e. The van der Waals surface area contributed by atoms with E-state index in [4.69, 9.17) is 14.2 Å². The van der Waals surface area contributed by atoms with Crippen LogP contribution in [0.5, 0.6) is 17.2 Å². The van der Waals surface area contributed by atoms with E-state index in [2.05, 4.69) is 13.8 Å². The zero-order valence-corrected chi connectivity index (χ0v) is 16.6. The van der Waals surface area contributed by atoms with Crippen LogP contribution in [0.4, 0.5) is 0 Å². The molecule has 1 N–H and O–H groups in total. The van der Waals surface area contributed by atoms with Crippen LogP contribution in [0, 0.1) is 0 Å². The third kappa shape index (κ3) is 4.82. The Balaban J connectivity index is 2.33. The molecule has 150 valence electrons. The lowest BCUT2D eigenvalue weighted by Gasteiger charge is -2.29. The lowest BCUT2D eigenvalue weighted by atomic mass is 10.00. The van der Waals surface area contributed by atoms with E-state index in [1.165, 1.54) is 24.3 Å². The second-order valence-corrected chi connectivity index (χ2v) is 6.61. The van der Waals surface area contributed by atoms with Gasteiger partial charge in [0.05, 0.1) is 6.61 Å². The molecule has 0 saturated carbocycles. The average molecular weight is 386 g/mol. The number of carbonyl (C=O) groups excluding carboxylic acids is 2. The second kappa shape index (κ2) is 9.26. The van der Waals surface area contributed by atoms with Crippen molar-refractivity contribution in [1.82, 2.24) is 0 Å². The molecule has 0 radical (unpaired) electrons. The third-order valence-electron chi connectivity index (χ3n) is 4.32. The Morgan fingerprint density at radius 1 is 0.929 bits per heavy atom. The van der Waals surface area contributed by atoms with Gasteiger partial charge in [0.2, 0.25) is 0 Å². The molecule has 0 bridgehead atoms. The van der Waals surface area contributed by atoms with Crippen molar-refractivity contribution in [3.63, 3.8) is 0 Å². The Morgan fingerprint density at radius 3 is 2.00 bits per heavy atom. The largest absolute Gasteiger partial charge is 0.508 e. The Bertz CT molecular complexity index is 795. The van der Waals surface area contributed by atoms with Crippen molar-refractivity contribution in [2.45, 2.75) is 45.6 Å². The molecule has 0 saturated heterocycles. The highest BCUT2D eigenvalue weighted by Gasteiger charge is 2.51. The minimum absolute atomic E-state index is 0.0225. The summed E-state index contributed by atoms with van der Waals surface area (Å²) in [6.07, 6.45) is 0.0225. The molecule has 0 aliphatic carbocycles. The standard InChI is InChI=1S/C22H26O6/c1-5-22(20(24)26-6-2,21(25)27-18-13-9-17(23)10-14-18)28-19-11-7-16(8-12-19)15(3)4/h7-15,23H,5-6H2,1-4H3. The highest BCUT2D eigenvalue weighted by molar-refractivity contribution is 6.04. The van der Waals surface area contributed by atoms with E-state index >= 15 is 0 Å². The number of aromatic hydroxyl groups is 1. The lowest BCUT2D eigenvalue weighted by Crippen LogP contribution is -2.54. The van der Waals surface area contributed by atoms with E-state index in [9.17, 15) is 14.7 Å². The molecule has 28 heavy (non-hydrogen) atoms. The minimum atomic E-state index is -1.94. The molecule has 6 nitrogen and oxygen atoms in total. The van der Waals surface area contributed by atoms with Crippen molar-refractivity contribution in [1.29, 1.82) is 0 Å². The summed E-state index contributed by atoms with van der Waals surface area (Å²) in [6.45, 7) is 7.54. The topological polar surface area (TPSA) is 82.1 Å². The van der Waals surface area contributed by atoms with Crippen LogP contribution < -0.4 is 9.47 Å². The molecule has 0 amide bonds. The first-order chi connectivity index (χ1) is 13.3. The van der Waals surface area contributed by atoms with Gasteiger partial charge in [0, 0.05) is 6.42 Å². The van der Waals surface area contributed by atoms with Crippen molar-refractivity contribution >= 4 is 11.9 Å². The Morgan fingerprint density at radius 2 is 1.50 bits per heavy atom. The first-order valence-corrected chi connectivity index (χ1v) is 9.30. The average Bonchev–Trinajstić information content (AvgIpc) is 2.68. The Kier molecular flexibility index (Phi) is 7.04. The zero-order valence-electron chi connectivity index (χ0n) is 16.6. The normalized spacial score (nSPS) is 12.9. The summed E-state index contributed by atoms with van der Waals surface area (Å²) in [5, 5.41) is 9.37. The summed E-state index contributed by atoms with van der Waals surface area (Å²) in [4.78, 5) is 25.6. The van der Waals surface area contributed by atoms with E-state index in [-0.39, 0.29) is 24.5 Å². The number of phenols is 1. The number of hydrogen-bond donors (Lipinski definition) is 1. The van der Waals surface area contributed by atoms with Crippen LogP contribution in [0.1, 0.15) is 45.6 Å². The van der Waals surface area contributed by atoms with Gasteiger partial charge >= 0.3 is 17.5 Å². The number of hydrogen-bond acceptors (Lipinski definition) is 6. The summed E-state index contributed by atoms with van der Waals surface area (Å²) in [7, 11) is 0. The van der Waals surface area contributed by atoms with Crippen LogP contribution in [0.2, 0.25) is 0 Å². The third-order valence-corrected chi connectivity index (χ3v) is 4.32. The lowest BCUT2D eigenvalue weighted by molar-refractivity contribution is -0.175. The summed E-state index contributed by atoms with van der Waals surface area (Å²) in [5.41, 5.74) is -0.829. The molecule has 1 atom stereocenters. The van der Waals surface area contributed by atoms with Gasteiger partial charge in [0.25, 0.3) is 0 Å². The number of benzene rings is 2. The molecule has 0 aliphatic rings. The van der Waals surface area contributed by atoms with Crippen LogP contribution in [0.25, 0.3) is 0 Å². The van der Waals surface area contributed by atoms with Gasteiger partial charge in [0.15, 0.2) is 0 Å². The fourth-order valence-electron chi connectivity index (χ4n) is 2.60. The van der Waals surface area contributed by atoms with E-state index in [1.54, 1.807) is 26.0 Å². The molecule has 0 spiro atoms. The molecular weight excluding hydrogens is 360 g/mol. The first kappa shape index (κ1) is 21.3. The molecule has 0 aliphatic heterocycles. The Hall–Kier alpha value is -3.02. The first-order valence-electron chi connectivity index (χ1n) is 9.30. The number of ether oxygens (including phenoxy) is 3. The second-order valence-electron chi connectivity index (χ2n) is 6.61. The number of esters is 2. The van der Waals surface area contributed by atoms with Crippen molar-refractivity contribution in [3.8, 4) is 17.2 Å². The van der Waals surface area contributed by atoms with Crippen molar-refractivity contribution in [2.75, 3.05) is 6.61 Å². The molecule has 0 aromatic heterocycles. The molecular formula is C22H26O6. The monoisotopic (exact) mass is 386 g/mol. The van der Waals surface area contributed by atoms with Crippen LogP contribution in [-0.4, -0.2) is 29.3 Å². The van der Waals surface area contributed by atoms with Crippen LogP contribution in [0.3, 0.4) is 0 Å². The smallest absolute Gasteiger partial charge is 0.367 e. The van der Waals surface area contributed by atoms with Gasteiger partial charge in [-0.1, -0.05) is 32.9 Å². The van der Waals surface area contributed by atoms with Crippen LogP contribution in [0.15, 0.2) is 48.5 Å². The highest BCUT2D eigenvalue weighted by Crippen LogP contribution is 2.28. The van der Waals surface area contributed by atoms with Gasteiger partial charge in [-0.3, -0.25) is 0 Å². The molecule has 2 aromatic rings. The van der Waals surface area contributed by atoms with E-state index in [0.717, 1.165) is 5.56 Å². The molecule has 2 rings (SSSR count). The maximum Gasteiger partial charge on any atom is 0.367 e. The van der Waals surface area contributed by atoms with Crippen molar-refractivity contribution in [3.05, 3.63) is 54.1 Å². The summed E-state index contributed by atoms with van der Waals surface area (Å²) in [6, 6.07) is 12.8. The Labute approximate surface area is 165 Å². The fraction of sp³-hybridized carbons (Fsp3) is 0.364. The summed E-state index contributed by atoms with van der Waals surface area (Å²) < 4.78 is 16.3. The van der Waals surface area contributed by atoms with Crippen LogP contribution >= 0.6 is 0 Å². The zero-order chi connectivity index (χ0) is 20.7. The van der Waals surface area contributed by atoms with Gasteiger partial charge in [-0.15, -0.1) is 0 Å². The predicted molar refractivity (Wildman–Crippen MR) is 105 cm³/mol. The van der Waals surface area contributed by atoms with E-state index < -0.39 is 17.5 Å². The fourth-order valence-corrected chi connectivity index (χ4v) is 2.60. The number of carbonyl (C=O) groups is 2. The molecule has 0 fully saturated rings. The molecule has 2 aromatic carbocycles. The quantitative estimate of drug-likeness (QED) is 0.416. The van der Waals surface area contributed by atoms with Gasteiger partial charge in [-0.2, -0.15) is 0 Å². The molecule has 1 unspecified atom stereocenters.